The van der Waals surface area contributed by atoms with Gasteiger partial charge >= 0.3 is 0 Å². The van der Waals surface area contributed by atoms with Crippen LogP contribution in [-0.4, -0.2) is 58.2 Å². The summed E-state index contributed by atoms with van der Waals surface area (Å²) in [7, 11) is 0. The normalized spacial score (nSPS) is 23.8. The summed E-state index contributed by atoms with van der Waals surface area (Å²) in [6.07, 6.45) is 4.59. The van der Waals surface area contributed by atoms with Gasteiger partial charge in [-0.1, -0.05) is 6.92 Å². The van der Waals surface area contributed by atoms with Crippen LogP contribution in [0.15, 0.2) is 18.5 Å². The first-order valence-electron chi connectivity index (χ1n) is 6.27. The van der Waals surface area contributed by atoms with Crippen LogP contribution in [0.25, 0.3) is 0 Å². The smallest absolute Gasteiger partial charge is 0.0862 e. The van der Waals surface area contributed by atoms with Crippen molar-refractivity contribution in [1.82, 2.24) is 14.7 Å². The zero-order valence-electron chi connectivity index (χ0n) is 10.3. The average Bonchev–Trinajstić information content (AvgIpc) is 2.82. The molecular formula is C12H21N3O2. The molecule has 1 aliphatic rings. The summed E-state index contributed by atoms with van der Waals surface area (Å²) in [5.41, 5.74) is 0. The lowest BCUT2D eigenvalue weighted by molar-refractivity contribution is -0.0431. The standard InChI is InChI=1S/C12H21N3O2/c1-2-12-10-14(6-7-17-12)8-11(16)9-15-5-3-4-13-15/h3-5,11-12,16H,2,6-10H2,1H3/t11-,12-/m1/s1. The molecular weight excluding hydrogens is 218 g/mol. The average molecular weight is 239 g/mol. The van der Waals surface area contributed by atoms with Crippen LogP contribution < -0.4 is 0 Å². The summed E-state index contributed by atoms with van der Waals surface area (Å²) >= 11 is 0. The molecule has 0 spiro atoms. The highest BCUT2D eigenvalue weighted by molar-refractivity contribution is 4.79. The van der Waals surface area contributed by atoms with Gasteiger partial charge in [0, 0.05) is 32.0 Å². The van der Waals surface area contributed by atoms with Crippen molar-refractivity contribution in [2.75, 3.05) is 26.2 Å². The molecule has 1 aromatic rings. The second-order valence-corrected chi connectivity index (χ2v) is 4.54. The van der Waals surface area contributed by atoms with Crippen molar-refractivity contribution in [3.63, 3.8) is 0 Å². The molecule has 5 heteroatoms. The predicted molar refractivity (Wildman–Crippen MR) is 64.7 cm³/mol. The van der Waals surface area contributed by atoms with Crippen molar-refractivity contribution in [1.29, 1.82) is 0 Å². The molecule has 0 saturated carbocycles. The molecule has 17 heavy (non-hydrogen) atoms. The Morgan fingerprint density at radius 1 is 1.53 bits per heavy atom. The molecule has 5 nitrogen and oxygen atoms in total. The first-order chi connectivity index (χ1) is 8.28. The molecule has 96 valence electrons. The lowest BCUT2D eigenvalue weighted by Crippen LogP contribution is -2.46. The van der Waals surface area contributed by atoms with E-state index in [1.165, 1.54) is 0 Å². The quantitative estimate of drug-likeness (QED) is 0.806. The van der Waals surface area contributed by atoms with E-state index in [9.17, 15) is 5.11 Å². The number of nitrogens with zero attached hydrogens (tertiary/aromatic N) is 3. The van der Waals surface area contributed by atoms with Gasteiger partial charge in [-0.2, -0.15) is 5.10 Å². The van der Waals surface area contributed by atoms with E-state index in [1.54, 1.807) is 10.9 Å². The SMILES string of the molecule is CC[C@@H]1CN(C[C@@H](O)Cn2cccn2)CCO1. The summed E-state index contributed by atoms with van der Waals surface area (Å²) in [4.78, 5) is 2.27. The maximum Gasteiger partial charge on any atom is 0.0862 e. The Kier molecular flexibility index (Phi) is 4.53. The monoisotopic (exact) mass is 239 g/mol. The zero-order valence-corrected chi connectivity index (χ0v) is 10.3. The van der Waals surface area contributed by atoms with Crippen molar-refractivity contribution < 1.29 is 9.84 Å². The first-order valence-corrected chi connectivity index (χ1v) is 6.27. The third kappa shape index (κ3) is 3.80. The number of morpholine rings is 1. The molecule has 0 radical (unpaired) electrons. The molecule has 0 bridgehead atoms. The fourth-order valence-corrected chi connectivity index (χ4v) is 2.17. The Morgan fingerprint density at radius 3 is 3.12 bits per heavy atom. The molecule has 2 rings (SSSR count). The highest BCUT2D eigenvalue weighted by Crippen LogP contribution is 2.08. The maximum absolute atomic E-state index is 9.99. The van der Waals surface area contributed by atoms with E-state index in [0.717, 1.165) is 26.1 Å². The highest BCUT2D eigenvalue weighted by atomic mass is 16.5. The zero-order chi connectivity index (χ0) is 12.1. The highest BCUT2D eigenvalue weighted by Gasteiger charge is 2.21. The molecule has 0 amide bonds. The van der Waals surface area contributed by atoms with Gasteiger partial charge in [-0.3, -0.25) is 9.58 Å². The van der Waals surface area contributed by atoms with E-state index in [2.05, 4.69) is 16.9 Å². The number of aromatic nitrogens is 2. The molecule has 1 fully saturated rings. The van der Waals surface area contributed by atoms with Gasteiger partial charge in [0.05, 0.1) is 25.4 Å². The van der Waals surface area contributed by atoms with E-state index in [1.807, 2.05) is 12.3 Å². The number of hydrogen-bond donors (Lipinski definition) is 1. The van der Waals surface area contributed by atoms with Crippen LogP contribution in [0.2, 0.25) is 0 Å². The van der Waals surface area contributed by atoms with E-state index in [4.69, 9.17) is 4.74 Å². The van der Waals surface area contributed by atoms with Crippen LogP contribution >= 0.6 is 0 Å². The number of ether oxygens (including phenoxy) is 1. The van der Waals surface area contributed by atoms with Crippen molar-refractivity contribution in [3.8, 4) is 0 Å². The van der Waals surface area contributed by atoms with Gasteiger partial charge in [0.15, 0.2) is 0 Å². The minimum absolute atomic E-state index is 0.320. The Morgan fingerprint density at radius 2 is 2.41 bits per heavy atom. The minimum atomic E-state index is -0.370. The van der Waals surface area contributed by atoms with Crippen LogP contribution in [0.3, 0.4) is 0 Å². The Labute approximate surface area is 102 Å². The van der Waals surface area contributed by atoms with Crippen molar-refractivity contribution >= 4 is 0 Å². The summed E-state index contributed by atoms with van der Waals surface area (Å²) in [5, 5.41) is 14.1. The molecule has 0 unspecified atom stereocenters. The fourth-order valence-electron chi connectivity index (χ4n) is 2.17. The lowest BCUT2D eigenvalue weighted by atomic mass is 10.2. The van der Waals surface area contributed by atoms with Gasteiger partial charge in [0.1, 0.15) is 0 Å². The molecule has 1 aliphatic heterocycles. The van der Waals surface area contributed by atoms with Crippen LogP contribution in [0.4, 0.5) is 0 Å². The number of rotatable bonds is 5. The van der Waals surface area contributed by atoms with Crippen LogP contribution in [-0.2, 0) is 11.3 Å². The molecule has 0 aromatic carbocycles. The van der Waals surface area contributed by atoms with Crippen LogP contribution in [0, 0.1) is 0 Å². The number of aliphatic hydroxyl groups is 1. The third-order valence-corrected chi connectivity index (χ3v) is 3.10. The Hall–Kier alpha value is -0.910. The molecule has 1 aromatic heterocycles. The second-order valence-electron chi connectivity index (χ2n) is 4.54. The van der Waals surface area contributed by atoms with Crippen LogP contribution in [0.5, 0.6) is 0 Å². The van der Waals surface area contributed by atoms with E-state index >= 15 is 0 Å². The van der Waals surface area contributed by atoms with Gasteiger partial charge in [-0.15, -0.1) is 0 Å². The number of aliphatic hydroxyl groups excluding tert-OH is 1. The summed E-state index contributed by atoms with van der Waals surface area (Å²) in [6, 6.07) is 1.87. The molecule has 2 atom stereocenters. The Balaban J connectivity index is 1.76. The van der Waals surface area contributed by atoms with Crippen molar-refractivity contribution in [2.45, 2.75) is 32.1 Å². The topological polar surface area (TPSA) is 50.5 Å². The first kappa shape index (κ1) is 12.5. The third-order valence-electron chi connectivity index (χ3n) is 3.10. The summed E-state index contributed by atoms with van der Waals surface area (Å²) in [6.45, 7) is 5.99. The Bertz CT molecular complexity index is 316. The fraction of sp³-hybridized carbons (Fsp3) is 0.750. The van der Waals surface area contributed by atoms with Crippen LogP contribution in [0.1, 0.15) is 13.3 Å². The minimum Gasteiger partial charge on any atom is -0.390 e. The second kappa shape index (κ2) is 6.14. The van der Waals surface area contributed by atoms with Gasteiger partial charge in [-0.25, -0.2) is 0 Å². The van der Waals surface area contributed by atoms with Gasteiger partial charge in [-0.05, 0) is 12.5 Å². The summed E-state index contributed by atoms with van der Waals surface area (Å²) in [5.74, 6) is 0. The number of hydrogen-bond acceptors (Lipinski definition) is 4. The van der Waals surface area contributed by atoms with E-state index in [-0.39, 0.29) is 6.10 Å². The van der Waals surface area contributed by atoms with E-state index < -0.39 is 0 Å². The van der Waals surface area contributed by atoms with Gasteiger partial charge < -0.3 is 9.84 Å². The predicted octanol–water partition coefficient (Wildman–Crippen LogP) is 0.355. The molecule has 1 saturated heterocycles. The van der Waals surface area contributed by atoms with Gasteiger partial charge in [0.25, 0.3) is 0 Å². The molecule has 2 heterocycles. The van der Waals surface area contributed by atoms with Crippen molar-refractivity contribution in [2.24, 2.45) is 0 Å². The van der Waals surface area contributed by atoms with Gasteiger partial charge in [0.2, 0.25) is 0 Å². The maximum atomic E-state index is 9.99. The molecule has 0 aliphatic carbocycles. The van der Waals surface area contributed by atoms with Crippen molar-refractivity contribution in [3.05, 3.63) is 18.5 Å². The lowest BCUT2D eigenvalue weighted by Gasteiger charge is -2.33. The largest absolute Gasteiger partial charge is 0.390 e. The van der Waals surface area contributed by atoms with E-state index in [0.29, 0.717) is 19.2 Å². The number of β-amino-alcohol motifs (C(OH)–C–C–N with tert-alkyl or cyclic N) is 1. The molecule has 1 N–H and O–H groups in total. The summed E-state index contributed by atoms with van der Waals surface area (Å²) < 4.78 is 7.37.